The quantitative estimate of drug-likeness (QED) is 0.804. The zero-order valence-electron chi connectivity index (χ0n) is 10.5. The van der Waals surface area contributed by atoms with Gasteiger partial charge in [-0.25, -0.2) is 0 Å². The van der Waals surface area contributed by atoms with Crippen molar-refractivity contribution in [1.82, 2.24) is 10.2 Å². The SMILES string of the molecule is CC(C(=O)N1CCCC1(C)C)C1CNC1.Cl. The van der Waals surface area contributed by atoms with Crippen LogP contribution in [0, 0.1) is 11.8 Å². The molecule has 1 amide bonds. The summed E-state index contributed by atoms with van der Waals surface area (Å²) in [6.45, 7) is 9.44. The van der Waals surface area contributed by atoms with Crippen LogP contribution in [0.15, 0.2) is 0 Å². The van der Waals surface area contributed by atoms with E-state index in [1.165, 1.54) is 0 Å². The summed E-state index contributed by atoms with van der Waals surface area (Å²) in [5, 5.41) is 3.24. The third kappa shape index (κ3) is 2.35. The molecule has 4 heteroatoms. The van der Waals surface area contributed by atoms with Crippen molar-refractivity contribution in [1.29, 1.82) is 0 Å². The topological polar surface area (TPSA) is 32.3 Å². The van der Waals surface area contributed by atoms with Gasteiger partial charge in [-0.1, -0.05) is 6.92 Å². The van der Waals surface area contributed by atoms with E-state index in [1.807, 2.05) is 0 Å². The van der Waals surface area contributed by atoms with E-state index in [9.17, 15) is 4.79 Å². The molecule has 0 saturated carbocycles. The van der Waals surface area contributed by atoms with Gasteiger partial charge in [-0.15, -0.1) is 12.4 Å². The average Bonchev–Trinajstić information content (AvgIpc) is 2.40. The van der Waals surface area contributed by atoms with Crippen LogP contribution in [-0.2, 0) is 4.79 Å². The monoisotopic (exact) mass is 246 g/mol. The Morgan fingerprint density at radius 2 is 2.06 bits per heavy atom. The van der Waals surface area contributed by atoms with Crippen LogP contribution < -0.4 is 5.32 Å². The van der Waals surface area contributed by atoms with E-state index in [-0.39, 0.29) is 23.9 Å². The zero-order valence-corrected chi connectivity index (χ0v) is 11.3. The average molecular weight is 247 g/mol. The molecule has 2 saturated heterocycles. The minimum absolute atomic E-state index is 0. The van der Waals surface area contributed by atoms with Gasteiger partial charge >= 0.3 is 0 Å². The van der Waals surface area contributed by atoms with Gasteiger partial charge in [0.15, 0.2) is 0 Å². The van der Waals surface area contributed by atoms with Crippen LogP contribution in [0.2, 0.25) is 0 Å². The molecular formula is C12H23ClN2O. The minimum atomic E-state index is 0. The highest BCUT2D eigenvalue weighted by molar-refractivity contribution is 5.85. The number of rotatable bonds is 2. The van der Waals surface area contributed by atoms with Gasteiger partial charge < -0.3 is 10.2 Å². The van der Waals surface area contributed by atoms with Crippen molar-refractivity contribution in [3.63, 3.8) is 0 Å². The molecule has 0 radical (unpaired) electrons. The second-order valence-corrected chi connectivity index (χ2v) is 5.61. The molecule has 2 aliphatic rings. The smallest absolute Gasteiger partial charge is 0.226 e. The molecule has 2 aliphatic heterocycles. The summed E-state index contributed by atoms with van der Waals surface area (Å²) in [4.78, 5) is 14.4. The summed E-state index contributed by atoms with van der Waals surface area (Å²) in [6.07, 6.45) is 2.31. The van der Waals surface area contributed by atoms with Gasteiger partial charge in [-0.05, 0) is 45.7 Å². The van der Waals surface area contributed by atoms with E-state index in [0.29, 0.717) is 11.8 Å². The molecule has 0 aromatic rings. The number of hydrogen-bond donors (Lipinski definition) is 1. The van der Waals surface area contributed by atoms with E-state index in [0.717, 1.165) is 32.5 Å². The van der Waals surface area contributed by atoms with Gasteiger partial charge in [0.2, 0.25) is 5.91 Å². The summed E-state index contributed by atoms with van der Waals surface area (Å²) in [6, 6.07) is 0. The summed E-state index contributed by atoms with van der Waals surface area (Å²) >= 11 is 0. The summed E-state index contributed by atoms with van der Waals surface area (Å²) in [5.41, 5.74) is 0.0858. The zero-order chi connectivity index (χ0) is 11.1. The third-order valence-corrected chi connectivity index (χ3v) is 4.08. The maximum Gasteiger partial charge on any atom is 0.226 e. The number of nitrogens with one attached hydrogen (secondary N) is 1. The van der Waals surface area contributed by atoms with Crippen molar-refractivity contribution in [3.05, 3.63) is 0 Å². The second kappa shape index (κ2) is 4.92. The second-order valence-electron chi connectivity index (χ2n) is 5.61. The molecule has 0 aromatic heterocycles. The highest BCUT2D eigenvalue weighted by atomic mass is 35.5. The van der Waals surface area contributed by atoms with Crippen molar-refractivity contribution < 1.29 is 4.79 Å². The number of nitrogens with zero attached hydrogens (tertiary/aromatic N) is 1. The van der Waals surface area contributed by atoms with E-state index >= 15 is 0 Å². The number of hydrogen-bond acceptors (Lipinski definition) is 2. The predicted octanol–water partition coefficient (Wildman–Crippen LogP) is 1.66. The maximum absolute atomic E-state index is 12.3. The Balaban J connectivity index is 0.00000128. The van der Waals surface area contributed by atoms with Crippen LogP contribution in [0.5, 0.6) is 0 Å². The Bertz CT molecular complexity index is 264. The normalized spacial score (nSPS) is 25.8. The minimum Gasteiger partial charge on any atom is -0.337 e. The Labute approximate surface area is 104 Å². The number of carbonyl (C=O) groups excluding carboxylic acids is 1. The first-order valence-corrected chi connectivity index (χ1v) is 6.04. The molecule has 16 heavy (non-hydrogen) atoms. The van der Waals surface area contributed by atoms with E-state index in [2.05, 4.69) is 31.0 Å². The molecule has 2 rings (SSSR count). The van der Waals surface area contributed by atoms with Crippen molar-refractivity contribution in [2.45, 2.75) is 39.2 Å². The lowest BCUT2D eigenvalue weighted by molar-refractivity contribution is -0.140. The lowest BCUT2D eigenvalue weighted by Crippen LogP contribution is -2.53. The van der Waals surface area contributed by atoms with Gasteiger partial charge in [0.05, 0.1) is 0 Å². The Hall–Kier alpha value is -0.280. The van der Waals surface area contributed by atoms with Crippen LogP contribution in [0.4, 0.5) is 0 Å². The van der Waals surface area contributed by atoms with E-state index in [4.69, 9.17) is 0 Å². The standard InChI is InChI=1S/C12H22N2O.ClH/c1-9(10-7-13-8-10)11(15)14-6-4-5-12(14,2)3;/h9-10,13H,4-8H2,1-3H3;1H. The molecule has 0 aliphatic carbocycles. The molecule has 2 fully saturated rings. The van der Waals surface area contributed by atoms with Crippen LogP contribution >= 0.6 is 12.4 Å². The number of likely N-dealkylation sites (tertiary alicyclic amines) is 1. The predicted molar refractivity (Wildman–Crippen MR) is 67.8 cm³/mol. The largest absolute Gasteiger partial charge is 0.337 e. The Morgan fingerprint density at radius 1 is 1.44 bits per heavy atom. The first kappa shape index (κ1) is 13.8. The molecule has 1 atom stereocenters. The van der Waals surface area contributed by atoms with Crippen molar-refractivity contribution in [2.24, 2.45) is 11.8 Å². The van der Waals surface area contributed by atoms with Gasteiger partial charge in [0.25, 0.3) is 0 Å². The fraction of sp³-hybridized carbons (Fsp3) is 0.917. The highest BCUT2D eigenvalue weighted by Gasteiger charge is 2.39. The highest BCUT2D eigenvalue weighted by Crippen LogP contribution is 2.31. The molecular weight excluding hydrogens is 224 g/mol. The molecule has 94 valence electrons. The summed E-state index contributed by atoms with van der Waals surface area (Å²) in [5.74, 6) is 1.13. The van der Waals surface area contributed by atoms with Crippen molar-refractivity contribution in [2.75, 3.05) is 19.6 Å². The summed E-state index contributed by atoms with van der Waals surface area (Å²) in [7, 11) is 0. The molecule has 0 spiro atoms. The van der Waals surface area contributed by atoms with E-state index < -0.39 is 0 Å². The first-order chi connectivity index (χ1) is 7.02. The molecule has 0 aromatic carbocycles. The van der Waals surface area contributed by atoms with Crippen LogP contribution in [0.1, 0.15) is 33.6 Å². The van der Waals surface area contributed by atoms with Crippen molar-refractivity contribution >= 4 is 18.3 Å². The van der Waals surface area contributed by atoms with Gasteiger partial charge in [-0.2, -0.15) is 0 Å². The lowest BCUT2D eigenvalue weighted by atomic mass is 9.87. The molecule has 1 N–H and O–H groups in total. The fourth-order valence-corrected chi connectivity index (χ4v) is 2.63. The van der Waals surface area contributed by atoms with Crippen molar-refractivity contribution in [3.8, 4) is 0 Å². The fourth-order valence-electron chi connectivity index (χ4n) is 2.63. The van der Waals surface area contributed by atoms with Gasteiger partial charge in [0.1, 0.15) is 0 Å². The van der Waals surface area contributed by atoms with E-state index in [1.54, 1.807) is 0 Å². The number of amides is 1. The van der Waals surface area contributed by atoms with Crippen LogP contribution in [-0.4, -0.2) is 36.0 Å². The maximum atomic E-state index is 12.3. The molecule has 2 heterocycles. The molecule has 1 unspecified atom stereocenters. The van der Waals surface area contributed by atoms with Crippen LogP contribution in [0.25, 0.3) is 0 Å². The lowest BCUT2D eigenvalue weighted by Gasteiger charge is -2.38. The Morgan fingerprint density at radius 3 is 2.44 bits per heavy atom. The number of halogens is 1. The van der Waals surface area contributed by atoms with Gasteiger partial charge in [0, 0.05) is 18.0 Å². The van der Waals surface area contributed by atoms with Gasteiger partial charge in [-0.3, -0.25) is 4.79 Å². The molecule has 0 bridgehead atoms. The third-order valence-electron chi connectivity index (χ3n) is 4.08. The first-order valence-electron chi connectivity index (χ1n) is 6.04. The summed E-state index contributed by atoms with van der Waals surface area (Å²) < 4.78 is 0. The molecule has 3 nitrogen and oxygen atoms in total. The number of carbonyl (C=O) groups is 1. The van der Waals surface area contributed by atoms with Crippen LogP contribution in [0.3, 0.4) is 0 Å². The Kier molecular flexibility index (Phi) is 4.24.